The van der Waals surface area contributed by atoms with Crippen molar-refractivity contribution in [3.8, 4) is 0 Å². The van der Waals surface area contributed by atoms with Crippen LogP contribution in [0, 0.1) is 11.6 Å². The standard InChI is InChI=1S/C11H12F2O2/c1-3-10(14)11(15-2)7-4-5-8(12)9(13)6-7/h4-6,11H,3H2,1-2H3. The highest BCUT2D eigenvalue weighted by Crippen LogP contribution is 2.21. The van der Waals surface area contributed by atoms with Gasteiger partial charge in [0, 0.05) is 13.5 Å². The van der Waals surface area contributed by atoms with Crippen LogP contribution < -0.4 is 0 Å². The van der Waals surface area contributed by atoms with Crippen LogP contribution in [0.1, 0.15) is 25.0 Å². The monoisotopic (exact) mass is 214 g/mol. The van der Waals surface area contributed by atoms with E-state index in [1.165, 1.54) is 13.2 Å². The fraction of sp³-hybridized carbons (Fsp3) is 0.364. The van der Waals surface area contributed by atoms with E-state index in [0.29, 0.717) is 5.56 Å². The smallest absolute Gasteiger partial charge is 0.165 e. The molecule has 0 fully saturated rings. The average Bonchev–Trinajstić information content (AvgIpc) is 2.24. The topological polar surface area (TPSA) is 26.3 Å². The fourth-order valence-electron chi connectivity index (χ4n) is 1.31. The molecule has 0 aromatic heterocycles. The first-order valence-corrected chi connectivity index (χ1v) is 4.60. The lowest BCUT2D eigenvalue weighted by molar-refractivity contribution is -0.128. The van der Waals surface area contributed by atoms with Crippen LogP contribution in [-0.2, 0) is 9.53 Å². The minimum Gasteiger partial charge on any atom is -0.369 e. The minimum absolute atomic E-state index is 0.163. The van der Waals surface area contributed by atoms with Crippen molar-refractivity contribution in [3.63, 3.8) is 0 Å². The Morgan fingerprint density at radius 1 is 1.40 bits per heavy atom. The maximum Gasteiger partial charge on any atom is 0.165 e. The van der Waals surface area contributed by atoms with Crippen molar-refractivity contribution in [1.82, 2.24) is 0 Å². The Bertz CT molecular complexity index is 364. The molecule has 0 aliphatic carbocycles. The van der Waals surface area contributed by atoms with Crippen molar-refractivity contribution in [3.05, 3.63) is 35.4 Å². The van der Waals surface area contributed by atoms with Crippen molar-refractivity contribution in [2.45, 2.75) is 19.4 Å². The van der Waals surface area contributed by atoms with Gasteiger partial charge in [0.15, 0.2) is 17.4 Å². The van der Waals surface area contributed by atoms with Crippen LogP contribution in [0.3, 0.4) is 0 Å². The van der Waals surface area contributed by atoms with Crippen LogP contribution in [0.25, 0.3) is 0 Å². The Labute approximate surface area is 86.9 Å². The molecule has 0 bridgehead atoms. The molecule has 1 atom stereocenters. The fourth-order valence-corrected chi connectivity index (χ4v) is 1.31. The second-order valence-corrected chi connectivity index (χ2v) is 3.11. The van der Waals surface area contributed by atoms with Crippen LogP contribution in [0.4, 0.5) is 8.78 Å². The van der Waals surface area contributed by atoms with E-state index in [1.807, 2.05) is 0 Å². The summed E-state index contributed by atoms with van der Waals surface area (Å²) in [5, 5.41) is 0. The summed E-state index contributed by atoms with van der Waals surface area (Å²) in [6.07, 6.45) is -0.526. The second-order valence-electron chi connectivity index (χ2n) is 3.11. The van der Waals surface area contributed by atoms with Crippen LogP contribution in [0.5, 0.6) is 0 Å². The lowest BCUT2D eigenvalue weighted by Crippen LogP contribution is -2.13. The summed E-state index contributed by atoms with van der Waals surface area (Å²) >= 11 is 0. The molecule has 0 aliphatic rings. The van der Waals surface area contributed by atoms with Crippen LogP contribution >= 0.6 is 0 Å². The van der Waals surface area contributed by atoms with Crippen molar-refractivity contribution < 1.29 is 18.3 Å². The number of hydrogen-bond donors (Lipinski definition) is 0. The number of carbonyl (C=O) groups is 1. The molecule has 0 spiro atoms. The predicted octanol–water partition coefficient (Wildman–Crippen LogP) is 2.63. The summed E-state index contributed by atoms with van der Waals surface area (Å²) < 4.78 is 30.5. The van der Waals surface area contributed by atoms with Crippen LogP contribution in [0.15, 0.2) is 18.2 Å². The molecule has 0 saturated heterocycles. The highest BCUT2D eigenvalue weighted by molar-refractivity contribution is 5.84. The summed E-state index contributed by atoms with van der Waals surface area (Å²) in [6.45, 7) is 1.69. The Morgan fingerprint density at radius 2 is 2.07 bits per heavy atom. The van der Waals surface area contributed by atoms with Crippen molar-refractivity contribution in [1.29, 1.82) is 0 Å². The summed E-state index contributed by atoms with van der Waals surface area (Å²) in [4.78, 5) is 11.4. The molecule has 1 aromatic carbocycles. The Morgan fingerprint density at radius 3 is 2.53 bits per heavy atom. The van der Waals surface area contributed by atoms with Gasteiger partial charge in [-0.05, 0) is 17.7 Å². The molecule has 0 saturated carbocycles. The number of hydrogen-bond acceptors (Lipinski definition) is 2. The largest absolute Gasteiger partial charge is 0.369 e. The summed E-state index contributed by atoms with van der Waals surface area (Å²) in [6, 6.07) is 3.32. The van der Waals surface area contributed by atoms with Gasteiger partial charge < -0.3 is 4.74 Å². The lowest BCUT2D eigenvalue weighted by atomic mass is 10.0. The van der Waals surface area contributed by atoms with Crippen molar-refractivity contribution in [2.24, 2.45) is 0 Å². The number of ketones is 1. The number of Topliss-reactive ketones (excluding diaryl/α,β-unsaturated/α-hetero) is 1. The molecule has 0 heterocycles. The number of methoxy groups -OCH3 is 1. The quantitative estimate of drug-likeness (QED) is 0.770. The van der Waals surface area contributed by atoms with E-state index >= 15 is 0 Å². The Hall–Kier alpha value is -1.29. The number of ether oxygens (including phenoxy) is 1. The maximum absolute atomic E-state index is 12.9. The van der Waals surface area contributed by atoms with E-state index in [0.717, 1.165) is 12.1 Å². The van der Waals surface area contributed by atoms with Gasteiger partial charge >= 0.3 is 0 Å². The summed E-state index contributed by atoms with van der Waals surface area (Å²) in [7, 11) is 1.36. The molecule has 15 heavy (non-hydrogen) atoms. The highest BCUT2D eigenvalue weighted by Gasteiger charge is 2.19. The molecular weight excluding hydrogens is 202 g/mol. The van der Waals surface area contributed by atoms with E-state index < -0.39 is 17.7 Å². The van der Waals surface area contributed by atoms with Gasteiger partial charge in [0.1, 0.15) is 6.10 Å². The van der Waals surface area contributed by atoms with E-state index in [9.17, 15) is 13.6 Å². The number of carbonyl (C=O) groups excluding carboxylic acids is 1. The van der Waals surface area contributed by atoms with Crippen molar-refractivity contribution in [2.75, 3.05) is 7.11 Å². The maximum atomic E-state index is 12.9. The van der Waals surface area contributed by atoms with Gasteiger partial charge in [0.05, 0.1) is 0 Å². The minimum atomic E-state index is -0.974. The molecular formula is C11H12F2O2. The van der Waals surface area contributed by atoms with Gasteiger partial charge in [0.2, 0.25) is 0 Å². The first kappa shape index (κ1) is 11.8. The molecule has 1 rings (SSSR count). The van der Waals surface area contributed by atoms with Gasteiger partial charge in [-0.1, -0.05) is 13.0 Å². The molecule has 1 unspecified atom stereocenters. The van der Waals surface area contributed by atoms with Gasteiger partial charge in [-0.2, -0.15) is 0 Å². The predicted molar refractivity (Wildman–Crippen MR) is 51.4 cm³/mol. The van der Waals surface area contributed by atoms with Crippen LogP contribution in [0.2, 0.25) is 0 Å². The Balaban J connectivity index is 3.02. The highest BCUT2D eigenvalue weighted by atomic mass is 19.2. The summed E-state index contributed by atoms with van der Waals surface area (Å²) in [5.41, 5.74) is 0.336. The van der Waals surface area contributed by atoms with Gasteiger partial charge in [0.25, 0.3) is 0 Å². The van der Waals surface area contributed by atoms with Gasteiger partial charge in [-0.3, -0.25) is 4.79 Å². The zero-order chi connectivity index (χ0) is 11.4. The SMILES string of the molecule is CCC(=O)C(OC)c1ccc(F)c(F)c1. The molecule has 1 aromatic rings. The third kappa shape index (κ3) is 2.59. The number of rotatable bonds is 4. The normalized spacial score (nSPS) is 12.5. The average molecular weight is 214 g/mol. The van der Waals surface area contributed by atoms with Crippen LogP contribution in [-0.4, -0.2) is 12.9 Å². The molecule has 4 heteroatoms. The van der Waals surface area contributed by atoms with E-state index in [2.05, 4.69) is 0 Å². The molecule has 2 nitrogen and oxygen atoms in total. The third-order valence-corrected chi connectivity index (χ3v) is 2.12. The molecule has 0 aliphatic heterocycles. The van der Waals surface area contributed by atoms with E-state index in [-0.39, 0.29) is 12.2 Å². The van der Waals surface area contributed by atoms with Crippen molar-refractivity contribution >= 4 is 5.78 Å². The molecule has 0 radical (unpaired) electrons. The van der Waals surface area contributed by atoms with Gasteiger partial charge in [-0.25, -0.2) is 8.78 Å². The third-order valence-electron chi connectivity index (χ3n) is 2.12. The molecule has 82 valence electrons. The first-order valence-electron chi connectivity index (χ1n) is 4.60. The Kier molecular flexibility index (Phi) is 3.91. The van der Waals surface area contributed by atoms with E-state index in [4.69, 9.17) is 4.74 Å². The molecule has 0 N–H and O–H groups in total. The first-order chi connectivity index (χ1) is 7.10. The van der Waals surface area contributed by atoms with E-state index in [1.54, 1.807) is 6.92 Å². The van der Waals surface area contributed by atoms with Gasteiger partial charge in [-0.15, -0.1) is 0 Å². The zero-order valence-electron chi connectivity index (χ0n) is 8.59. The zero-order valence-corrected chi connectivity index (χ0v) is 8.59. The molecule has 0 amide bonds. The summed E-state index contributed by atoms with van der Waals surface area (Å²) in [5.74, 6) is -2.07. The lowest BCUT2D eigenvalue weighted by Gasteiger charge is -2.13. The number of benzene rings is 1. The number of halogens is 2. The second kappa shape index (κ2) is 4.98.